The summed E-state index contributed by atoms with van der Waals surface area (Å²) in [6.45, 7) is 3.98. The van der Waals surface area contributed by atoms with Gasteiger partial charge in [0.15, 0.2) is 0 Å². The number of carboxylic acids is 1. The number of carboxylic acid groups (broad SMARTS) is 1. The van der Waals surface area contributed by atoms with Gasteiger partial charge in [-0.15, -0.1) is 11.8 Å². The summed E-state index contributed by atoms with van der Waals surface area (Å²) >= 11 is 0. The lowest BCUT2D eigenvalue weighted by atomic mass is 9.79. The molecule has 47 heavy (non-hydrogen) atoms. The van der Waals surface area contributed by atoms with Crippen LogP contribution in [-0.2, 0) is 36.9 Å². The number of hydrogen-bond acceptors (Lipinski definition) is 7. The fourth-order valence-electron chi connectivity index (χ4n) is 7.26. The quantitative estimate of drug-likeness (QED) is 0.147. The Balaban J connectivity index is 1.29. The molecule has 0 unspecified atom stereocenters. The second kappa shape index (κ2) is 16.1. The van der Waals surface area contributed by atoms with Crippen LogP contribution in [0.2, 0.25) is 0 Å². The minimum atomic E-state index is -0.951. The van der Waals surface area contributed by atoms with Gasteiger partial charge in [0.2, 0.25) is 0 Å². The highest BCUT2D eigenvalue weighted by Gasteiger charge is 2.52. The van der Waals surface area contributed by atoms with Crippen LogP contribution in [0.25, 0.3) is 0 Å². The first-order valence-electron chi connectivity index (χ1n) is 16.9. The maximum atomic E-state index is 13.4. The van der Waals surface area contributed by atoms with Gasteiger partial charge in [-0.2, -0.15) is 0 Å². The van der Waals surface area contributed by atoms with E-state index in [4.69, 9.17) is 14.2 Å². The van der Waals surface area contributed by atoms with Crippen LogP contribution in [0.5, 0.6) is 5.75 Å². The molecule has 1 heterocycles. The molecule has 2 fully saturated rings. The summed E-state index contributed by atoms with van der Waals surface area (Å²) in [4.78, 5) is 37.8. The molecule has 0 bridgehead atoms. The van der Waals surface area contributed by atoms with Gasteiger partial charge in [0.05, 0.1) is 17.9 Å². The van der Waals surface area contributed by atoms with Crippen molar-refractivity contribution in [2.75, 3.05) is 0 Å². The van der Waals surface area contributed by atoms with Crippen molar-refractivity contribution in [1.82, 2.24) is 0 Å². The Morgan fingerprint density at radius 2 is 1.83 bits per heavy atom. The zero-order valence-corrected chi connectivity index (χ0v) is 27.3. The number of carbonyl (C=O) groups is 3. The Morgan fingerprint density at radius 3 is 2.57 bits per heavy atom. The van der Waals surface area contributed by atoms with Crippen LogP contribution in [0.3, 0.4) is 0 Å². The molecular weight excluding hydrogens is 596 g/mol. The first-order valence-corrected chi connectivity index (χ1v) is 16.9. The number of para-hydroxylation sites is 1. The summed E-state index contributed by atoms with van der Waals surface area (Å²) in [6.07, 6.45) is 7.40. The number of esters is 2. The number of rotatable bonds is 13. The molecule has 0 radical (unpaired) electrons. The largest absolute Gasteiger partial charge is 0.489 e. The van der Waals surface area contributed by atoms with E-state index in [0.717, 1.165) is 35.3 Å². The van der Waals surface area contributed by atoms with Crippen LogP contribution in [0.1, 0.15) is 87.8 Å². The van der Waals surface area contributed by atoms with E-state index in [1.807, 2.05) is 61.5 Å². The zero-order valence-electron chi connectivity index (χ0n) is 27.3. The molecule has 8 heteroatoms. The van der Waals surface area contributed by atoms with Crippen molar-refractivity contribution in [2.45, 2.75) is 102 Å². The topological polar surface area (TPSA) is 119 Å². The van der Waals surface area contributed by atoms with Gasteiger partial charge in [-0.3, -0.25) is 14.4 Å². The van der Waals surface area contributed by atoms with E-state index in [0.29, 0.717) is 44.9 Å². The Labute approximate surface area is 277 Å². The molecule has 2 aliphatic carbocycles. The summed E-state index contributed by atoms with van der Waals surface area (Å²) in [7, 11) is 0. The van der Waals surface area contributed by atoms with Gasteiger partial charge in [0, 0.05) is 36.7 Å². The minimum absolute atomic E-state index is 0.0754. The van der Waals surface area contributed by atoms with Crippen molar-refractivity contribution in [3.05, 3.63) is 77.4 Å². The van der Waals surface area contributed by atoms with Gasteiger partial charge < -0.3 is 24.4 Å². The van der Waals surface area contributed by atoms with Crippen LogP contribution in [0.15, 0.2) is 60.7 Å². The first-order chi connectivity index (χ1) is 22.8. The van der Waals surface area contributed by atoms with Gasteiger partial charge in [0.1, 0.15) is 24.6 Å². The fraction of sp³-hybridized carbons (Fsp3) is 0.513. The second-order valence-electron chi connectivity index (χ2n) is 13.1. The number of fused-ring (bicyclic) bond motifs is 3. The van der Waals surface area contributed by atoms with Gasteiger partial charge in [-0.25, -0.2) is 0 Å². The third kappa shape index (κ3) is 8.44. The normalized spacial score (nSPS) is 25.9. The predicted octanol–water partition coefficient (Wildman–Crippen LogP) is 6.39. The van der Waals surface area contributed by atoms with E-state index in [2.05, 4.69) is 11.8 Å². The fourth-order valence-corrected chi connectivity index (χ4v) is 7.26. The third-order valence-corrected chi connectivity index (χ3v) is 9.90. The number of aliphatic hydroxyl groups is 1. The number of carbonyl (C=O) groups excluding carboxylic acids is 2. The molecule has 2 aromatic rings. The lowest BCUT2D eigenvalue weighted by molar-refractivity contribution is -0.164. The van der Waals surface area contributed by atoms with Crippen LogP contribution >= 0.6 is 0 Å². The van der Waals surface area contributed by atoms with Crippen LogP contribution in [0, 0.1) is 35.5 Å². The maximum absolute atomic E-state index is 13.4. The van der Waals surface area contributed by atoms with Crippen molar-refractivity contribution in [3.63, 3.8) is 0 Å². The molecule has 0 aromatic heterocycles. The average Bonchev–Trinajstić information content (AvgIpc) is 3.61. The summed E-state index contributed by atoms with van der Waals surface area (Å²) in [5.74, 6) is 3.23. The molecule has 1 aliphatic heterocycles. The second-order valence-corrected chi connectivity index (χ2v) is 13.1. The molecule has 0 saturated heterocycles. The number of hydrogen-bond donors (Lipinski definition) is 2. The molecule has 2 aromatic carbocycles. The molecule has 8 atom stereocenters. The molecular formula is C39H46O8. The van der Waals surface area contributed by atoms with E-state index < -0.39 is 36.0 Å². The highest BCUT2D eigenvalue weighted by Crippen LogP contribution is 2.53. The Bertz CT molecular complexity index is 1490. The number of ether oxygens (including phenoxy) is 3. The Kier molecular flexibility index (Phi) is 11.8. The van der Waals surface area contributed by atoms with Crippen molar-refractivity contribution >= 4 is 17.9 Å². The SMILES string of the molecule is CC#CC[C@H](C)[C@H](O)/C=C/[C@@H]1[C@H]2c3cccc(CCCC(=O)OCc4ccccc4)c3O[C@H]2C[C@H]1OC(=O)[C@@H]1CCCC[C@@H]1C(=O)O. The molecule has 3 aliphatic rings. The van der Waals surface area contributed by atoms with Gasteiger partial charge in [0.25, 0.3) is 0 Å². The van der Waals surface area contributed by atoms with Crippen molar-refractivity contribution in [1.29, 1.82) is 0 Å². The summed E-state index contributed by atoms with van der Waals surface area (Å²) < 4.78 is 18.1. The lowest BCUT2D eigenvalue weighted by Gasteiger charge is -2.29. The average molecular weight is 643 g/mol. The lowest BCUT2D eigenvalue weighted by Crippen LogP contribution is -2.36. The Morgan fingerprint density at radius 1 is 1.06 bits per heavy atom. The molecule has 8 nitrogen and oxygen atoms in total. The highest BCUT2D eigenvalue weighted by atomic mass is 16.6. The number of aryl methyl sites for hydroxylation is 1. The predicted molar refractivity (Wildman–Crippen MR) is 176 cm³/mol. The minimum Gasteiger partial charge on any atom is -0.489 e. The monoisotopic (exact) mass is 642 g/mol. The van der Waals surface area contributed by atoms with Gasteiger partial charge >= 0.3 is 17.9 Å². The molecule has 2 N–H and O–H groups in total. The Hall–Kier alpha value is -4.09. The van der Waals surface area contributed by atoms with E-state index >= 15 is 0 Å². The van der Waals surface area contributed by atoms with Crippen molar-refractivity contribution in [3.8, 4) is 17.6 Å². The highest BCUT2D eigenvalue weighted by molar-refractivity contribution is 5.81. The summed E-state index contributed by atoms with van der Waals surface area (Å²) in [5.41, 5.74) is 2.99. The number of aliphatic hydroxyl groups excluding tert-OH is 1. The van der Waals surface area contributed by atoms with Gasteiger partial charge in [-0.05, 0) is 49.7 Å². The summed E-state index contributed by atoms with van der Waals surface area (Å²) in [6, 6.07) is 15.7. The third-order valence-electron chi connectivity index (χ3n) is 9.90. The van der Waals surface area contributed by atoms with Crippen LogP contribution in [0.4, 0.5) is 0 Å². The molecule has 5 rings (SSSR count). The van der Waals surface area contributed by atoms with E-state index in [9.17, 15) is 24.6 Å². The van der Waals surface area contributed by atoms with Crippen LogP contribution in [-0.4, -0.2) is 46.4 Å². The van der Waals surface area contributed by atoms with E-state index in [-0.39, 0.29) is 36.4 Å². The number of benzene rings is 2. The number of aliphatic carboxylic acids is 1. The zero-order chi connectivity index (χ0) is 33.3. The van der Waals surface area contributed by atoms with Crippen molar-refractivity contribution < 1.29 is 38.8 Å². The molecule has 250 valence electrons. The maximum Gasteiger partial charge on any atom is 0.310 e. The first kappa shape index (κ1) is 34.3. The van der Waals surface area contributed by atoms with E-state index in [1.54, 1.807) is 13.0 Å². The molecule has 2 saturated carbocycles. The smallest absolute Gasteiger partial charge is 0.310 e. The molecule has 0 amide bonds. The standard InChI is InChI=1S/C39H46O8/c1-3-4-12-25(2)32(40)22-21-30-33(47-39(44)29-18-9-8-17-28(29)38(42)43)23-34-36(30)31-19-10-15-27(37(31)46-34)16-11-20-35(41)45-24-26-13-6-5-7-14-26/h5-7,10,13-15,19,21-22,25,28-30,32-34,36,40H,8-9,11-12,16-18,20,23-24H2,1-2H3,(H,42,43)/b22-21+/t25-,28-,29+,30-,32+,33+,34-,36-/m0/s1. The van der Waals surface area contributed by atoms with Crippen molar-refractivity contribution in [2.24, 2.45) is 23.7 Å². The molecule has 0 spiro atoms. The summed E-state index contributed by atoms with van der Waals surface area (Å²) in [5, 5.41) is 20.7. The van der Waals surface area contributed by atoms with E-state index in [1.165, 1.54) is 0 Å². The van der Waals surface area contributed by atoms with Crippen LogP contribution < -0.4 is 4.74 Å². The van der Waals surface area contributed by atoms with Gasteiger partial charge in [-0.1, -0.05) is 80.4 Å².